The van der Waals surface area contributed by atoms with Crippen LogP contribution in [0.1, 0.15) is 25.3 Å². The van der Waals surface area contributed by atoms with E-state index in [9.17, 15) is 0 Å². The lowest BCUT2D eigenvalue weighted by atomic mass is 10.0. The van der Waals surface area contributed by atoms with Crippen LogP contribution in [-0.2, 0) is 6.42 Å². The summed E-state index contributed by atoms with van der Waals surface area (Å²) in [7, 11) is 3.95. The largest absolute Gasteiger partial charge is 0.496 e. The van der Waals surface area contributed by atoms with Gasteiger partial charge in [-0.1, -0.05) is 25.1 Å². The zero-order valence-electron chi connectivity index (χ0n) is 15.9. The Morgan fingerprint density at radius 2 is 1.88 bits per heavy atom. The molecule has 4 rings (SSSR count). The summed E-state index contributed by atoms with van der Waals surface area (Å²) in [5, 5.41) is 6.19. The summed E-state index contributed by atoms with van der Waals surface area (Å²) >= 11 is 0. The maximum atomic E-state index is 5.65. The number of ether oxygens (including phenoxy) is 1. The first kappa shape index (κ1) is 17.1. The van der Waals surface area contributed by atoms with E-state index in [2.05, 4.69) is 60.6 Å². The number of anilines is 1. The molecule has 1 aromatic heterocycles. The van der Waals surface area contributed by atoms with E-state index in [0.29, 0.717) is 6.04 Å². The van der Waals surface area contributed by atoms with Gasteiger partial charge in [-0.05, 0) is 63.2 Å². The van der Waals surface area contributed by atoms with Gasteiger partial charge in [-0.15, -0.1) is 0 Å². The van der Waals surface area contributed by atoms with Crippen LogP contribution in [0.3, 0.4) is 0 Å². The number of nitrogens with zero attached hydrogens (tertiary/aromatic N) is 2. The molecule has 4 nitrogen and oxygen atoms in total. The van der Waals surface area contributed by atoms with E-state index in [1.807, 2.05) is 0 Å². The molecule has 4 heteroatoms. The maximum absolute atomic E-state index is 5.65. The summed E-state index contributed by atoms with van der Waals surface area (Å²) in [6, 6.07) is 13.3. The van der Waals surface area contributed by atoms with Crippen molar-refractivity contribution in [2.45, 2.75) is 32.2 Å². The van der Waals surface area contributed by atoms with Crippen LogP contribution in [0.5, 0.6) is 5.75 Å². The van der Waals surface area contributed by atoms with Crippen molar-refractivity contribution in [3.05, 3.63) is 42.0 Å². The number of aromatic nitrogens is 1. The third kappa shape index (κ3) is 3.10. The van der Waals surface area contributed by atoms with Gasteiger partial charge in [0.15, 0.2) is 0 Å². The monoisotopic (exact) mass is 349 g/mol. The number of pyridine rings is 1. The molecule has 0 bridgehead atoms. The van der Waals surface area contributed by atoms with Crippen LogP contribution < -0.4 is 10.1 Å². The van der Waals surface area contributed by atoms with Gasteiger partial charge in [-0.3, -0.25) is 0 Å². The smallest absolute Gasteiger partial charge is 0.122 e. The van der Waals surface area contributed by atoms with Gasteiger partial charge in [0.25, 0.3) is 0 Å². The molecule has 1 saturated heterocycles. The topological polar surface area (TPSA) is 37.4 Å². The maximum Gasteiger partial charge on any atom is 0.122 e. The van der Waals surface area contributed by atoms with Gasteiger partial charge in [0.05, 0.1) is 23.8 Å². The van der Waals surface area contributed by atoms with Crippen molar-refractivity contribution in [1.29, 1.82) is 0 Å². The number of methoxy groups -OCH3 is 1. The van der Waals surface area contributed by atoms with Crippen LogP contribution in [0.2, 0.25) is 0 Å². The molecule has 0 atom stereocenters. The fourth-order valence-corrected chi connectivity index (χ4v) is 3.94. The molecule has 0 saturated carbocycles. The molecule has 0 radical (unpaired) electrons. The summed E-state index contributed by atoms with van der Waals surface area (Å²) in [6.45, 7) is 4.44. The molecule has 1 fully saturated rings. The lowest BCUT2D eigenvalue weighted by Gasteiger charge is -2.31. The number of hydrogen-bond donors (Lipinski definition) is 1. The molecule has 0 amide bonds. The first-order chi connectivity index (χ1) is 12.7. The van der Waals surface area contributed by atoms with Gasteiger partial charge in [-0.2, -0.15) is 0 Å². The predicted molar refractivity (Wildman–Crippen MR) is 109 cm³/mol. The highest BCUT2D eigenvalue weighted by molar-refractivity contribution is 6.08. The number of nitrogens with one attached hydrogen (secondary N) is 1. The van der Waals surface area contributed by atoms with Gasteiger partial charge in [0.1, 0.15) is 5.75 Å². The minimum atomic E-state index is 0.497. The zero-order valence-corrected chi connectivity index (χ0v) is 15.9. The molecular weight excluding hydrogens is 322 g/mol. The van der Waals surface area contributed by atoms with Crippen molar-refractivity contribution >= 4 is 27.5 Å². The SMILES string of the molecule is CCc1cc2nc3ccccc3c(NC3CCN(C)CC3)c2cc1OC. The van der Waals surface area contributed by atoms with Crippen molar-refractivity contribution in [3.63, 3.8) is 0 Å². The second-order valence-electron chi connectivity index (χ2n) is 7.26. The highest BCUT2D eigenvalue weighted by Crippen LogP contribution is 2.36. The van der Waals surface area contributed by atoms with E-state index < -0.39 is 0 Å². The fourth-order valence-electron chi connectivity index (χ4n) is 3.94. The van der Waals surface area contributed by atoms with Crippen molar-refractivity contribution in [2.75, 3.05) is 32.6 Å². The second-order valence-corrected chi connectivity index (χ2v) is 7.26. The third-order valence-corrected chi connectivity index (χ3v) is 5.53. The molecule has 0 unspecified atom stereocenters. The molecule has 3 aromatic rings. The van der Waals surface area contributed by atoms with Gasteiger partial charge in [0.2, 0.25) is 0 Å². The molecular formula is C22H27N3O. The molecule has 136 valence electrons. The van der Waals surface area contributed by atoms with Gasteiger partial charge in [0, 0.05) is 16.8 Å². The molecule has 0 spiro atoms. The Balaban J connectivity index is 1.88. The normalized spacial score (nSPS) is 16.3. The average Bonchev–Trinajstić information content (AvgIpc) is 2.68. The molecule has 1 N–H and O–H groups in total. The number of benzene rings is 2. The second kappa shape index (κ2) is 7.12. The number of rotatable bonds is 4. The van der Waals surface area contributed by atoms with Crippen LogP contribution in [0.25, 0.3) is 21.8 Å². The quantitative estimate of drug-likeness (QED) is 0.706. The Morgan fingerprint density at radius 3 is 2.62 bits per heavy atom. The molecule has 0 aliphatic carbocycles. The van der Waals surface area contributed by atoms with Gasteiger partial charge >= 0.3 is 0 Å². The Kier molecular flexibility index (Phi) is 4.68. The number of likely N-dealkylation sites (tertiary alicyclic amines) is 1. The number of hydrogen-bond acceptors (Lipinski definition) is 4. The standard InChI is InChI=1S/C22H27N3O/c1-4-15-13-20-18(14-21(15)26-3)22(17-7-5-6-8-19(17)24-20)23-16-9-11-25(2)12-10-16/h5-8,13-14,16H,4,9-12H2,1-3H3,(H,23,24). The van der Waals surface area contributed by atoms with Gasteiger partial charge < -0.3 is 15.0 Å². The van der Waals surface area contributed by atoms with E-state index in [1.165, 1.54) is 29.5 Å². The van der Waals surface area contributed by atoms with Crippen LogP contribution >= 0.6 is 0 Å². The van der Waals surface area contributed by atoms with Crippen molar-refractivity contribution in [2.24, 2.45) is 0 Å². The van der Waals surface area contributed by atoms with Crippen LogP contribution in [0, 0.1) is 0 Å². The van der Waals surface area contributed by atoms with E-state index in [0.717, 1.165) is 41.7 Å². The zero-order chi connectivity index (χ0) is 18.1. The Morgan fingerprint density at radius 1 is 1.12 bits per heavy atom. The highest BCUT2D eigenvalue weighted by Gasteiger charge is 2.19. The number of aryl methyl sites for hydroxylation is 1. The number of para-hydroxylation sites is 1. The summed E-state index contributed by atoms with van der Waals surface area (Å²) in [5.74, 6) is 0.948. The lowest BCUT2D eigenvalue weighted by molar-refractivity contribution is 0.264. The minimum Gasteiger partial charge on any atom is -0.496 e. The summed E-state index contributed by atoms with van der Waals surface area (Å²) in [6.07, 6.45) is 3.27. The first-order valence-electron chi connectivity index (χ1n) is 9.54. The van der Waals surface area contributed by atoms with Crippen LogP contribution in [0.4, 0.5) is 5.69 Å². The van der Waals surface area contributed by atoms with Gasteiger partial charge in [-0.25, -0.2) is 4.98 Å². The summed E-state index contributed by atoms with van der Waals surface area (Å²) < 4.78 is 5.65. The Hall–Kier alpha value is -2.33. The number of fused-ring (bicyclic) bond motifs is 2. The molecule has 1 aliphatic rings. The molecule has 26 heavy (non-hydrogen) atoms. The van der Waals surface area contributed by atoms with E-state index in [1.54, 1.807) is 7.11 Å². The summed E-state index contributed by atoms with van der Waals surface area (Å²) in [4.78, 5) is 7.32. The van der Waals surface area contributed by atoms with Crippen LogP contribution in [-0.4, -0.2) is 43.2 Å². The molecule has 2 heterocycles. The van der Waals surface area contributed by atoms with E-state index in [-0.39, 0.29) is 0 Å². The van der Waals surface area contributed by atoms with Crippen molar-refractivity contribution < 1.29 is 4.74 Å². The van der Waals surface area contributed by atoms with Crippen LogP contribution in [0.15, 0.2) is 36.4 Å². The van der Waals surface area contributed by atoms with E-state index >= 15 is 0 Å². The average molecular weight is 349 g/mol. The highest BCUT2D eigenvalue weighted by atomic mass is 16.5. The lowest BCUT2D eigenvalue weighted by Crippen LogP contribution is -2.36. The van der Waals surface area contributed by atoms with Crippen molar-refractivity contribution in [1.82, 2.24) is 9.88 Å². The predicted octanol–water partition coefficient (Wildman–Crippen LogP) is 4.47. The summed E-state index contributed by atoms with van der Waals surface area (Å²) in [5.41, 5.74) is 4.48. The Labute approximate surface area is 155 Å². The fraction of sp³-hybridized carbons (Fsp3) is 0.409. The number of piperidine rings is 1. The minimum absolute atomic E-state index is 0.497. The Bertz CT molecular complexity index is 929. The van der Waals surface area contributed by atoms with Crippen molar-refractivity contribution in [3.8, 4) is 5.75 Å². The third-order valence-electron chi connectivity index (χ3n) is 5.53. The van der Waals surface area contributed by atoms with E-state index in [4.69, 9.17) is 9.72 Å². The first-order valence-corrected chi connectivity index (χ1v) is 9.54. The molecule has 1 aliphatic heterocycles. The molecule has 2 aromatic carbocycles.